The van der Waals surface area contributed by atoms with Gasteiger partial charge in [-0.15, -0.1) is 0 Å². The number of para-hydroxylation sites is 1. The SMILES string of the molecule is CCc1cccc2c(/C=C(\C#N)C(=O)N3CCCC3)c[nH]c12. The molecule has 3 rings (SSSR count). The number of amides is 1. The van der Waals surface area contributed by atoms with E-state index in [9.17, 15) is 10.1 Å². The van der Waals surface area contributed by atoms with Gasteiger partial charge in [-0.1, -0.05) is 25.1 Å². The van der Waals surface area contributed by atoms with Crippen LogP contribution in [0.4, 0.5) is 0 Å². The number of H-pyrrole nitrogens is 1. The number of carbonyl (C=O) groups excluding carboxylic acids is 1. The molecular weight excluding hydrogens is 274 g/mol. The smallest absolute Gasteiger partial charge is 0.264 e. The fourth-order valence-corrected chi connectivity index (χ4v) is 3.04. The molecule has 1 saturated heterocycles. The number of nitrogens with one attached hydrogen (secondary N) is 1. The quantitative estimate of drug-likeness (QED) is 0.697. The van der Waals surface area contributed by atoms with Gasteiger partial charge in [0, 0.05) is 35.8 Å². The van der Waals surface area contributed by atoms with E-state index in [1.807, 2.05) is 18.3 Å². The molecule has 1 aromatic heterocycles. The first-order valence-electron chi connectivity index (χ1n) is 7.74. The number of hydrogen-bond donors (Lipinski definition) is 1. The van der Waals surface area contributed by atoms with Crippen LogP contribution < -0.4 is 0 Å². The van der Waals surface area contributed by atoms with E-state index >= 15 is 0 Å². The lowest BCUT2D eigenvalue weighted by atomic mass is 10.1. The van der Waals surface area contributed by atoms with E-state index in [-0.39, 0.29) is 11.5 Å². The van der Waals surface area contributed by atoms with Gasteiger partial charge in [0.25, 0.3) is 5.91 Å². The number of carbonyl (C=O) groups is 1. The van der Waals surface area contributed by atoms with Gasteiger partial charge in [0.05, 0.1) is 0 Å². The van der Waals surface area contributed by atoms with Crippen molar-refractivity contribution in [2.45, 2.75) is 26.2 Å². The summed E-state index contributed by atoms with van der Waals surface area (Å²) in [5.41, 5.74) is 3.43. The van der Waals surface area contributed by atoms with E-state index in [1.54, 1.807) is 11.0 Å². The number of aryl methyl sites for hydroxylation is 1. The number of hydrogen-bond acceptors (Lipinski definition) is 2. The van der Waals surface area contributed by atoms with Crippen LogP contribution in [0.5, 0.6) is 0 Å². The maximum atomic E-state index is 12.4. The first kappa shape index (κ1) is 14.4. The molecule has 0 spiro atoms. The summed E-state index contributed by atoms with van der Waals surface area (Å²) in [4.78, 5) is 17.4. The fraction of sp³-hybridized carbons (Fsp3) is 0.333. The van der Waals surface area contributed by atoms with Crippen LogP contribution in [0.3, 0.4) is 0 Å². The van der Waals surface area contributed by atoms with Crippen LogP contribution in [0.15, 0.2) is 30.0 Å². The Bertz CT molecular complexity index is 773. The van der Waals surface area contributed by atoms with Crippen molar-refractivity contribution in [3.8, 4) is 6.07 Å². The Labute approximate surface area is 130 Å². The number of likely N-dealkylation sites (tertiary alicyclic amines) is 1. The third-order valence-corrected chi connectivity index (χ3v) is 4.26. The molecule has 4 heteroatoms. The molecule has 1 aromatic carbocycles. The normalized spacial score (nSPS) is 15.3. The second kappa shape index (κ2) is 6.07. The average Bonchev–Trinajstić information content (AvgIpc) is 3.21. The number of nitrogens with zero attached hydrogens (tertiary/aromatic N) is 2. The Morgan fingerprint density at radius 2 is 2.18 bits per heavy atom. The Hall–Kier alpha value is -2.54. The third-order valence-electron chi connectivity index (χ3n) is 4.26. The maximum absolute atomic E-state index is 12.4. The molecule has 2 heterocycles. The molecule has 1 aliphatic rings. The first-order chi connectivity index (χ1) is 10.7. The molecule has 1 N–H and O–H groups in total. The Kier molecular flexibility index (Phi) is 3.97. The second-order valence-electron chi connectivity index (χ2n) is 5.61. The molecule has 0 bridgehead atoms. The second-order valence-corrected chi connectivity index (χ2v) is 5.61. The lowest BCUT2D eigenvalue weighted by Crippen LogP contribution is -2.28. The lowest BCUT2D eigenvalue weighted by Gasteiger charge is -2.13. The standard InChI is InChI=1S/C18H19N3O/c1-2-13-6-5-7-16-15(12-20-17(13)16)10-14(11-19)18(22)21-8-3-4-9-21/h5-7,10,12,20H,2-4,8-9H2,1H3/b14-10+. The Morgan fingerprint density at radius 3 is 2.86 bits per heavy atom. The van der Waals surface area contributed by atoms with Gasteiger partial charge in [-0.25, -0.2) is 0 Å². The molecule has 0 aliphatic carbocycles. The minimum atomic E-state index is -0.152. The number of fused-ring (bicyclic) bond motifs is 1. The summed E-state index contributed by atoms with van der Waals surface area (Å²) >= 11 is 0. The number of aromatic nitrogens is 1. The van der Waals surface area contributed by atoms with Crippen molar-refractivity contribution in [2.75, 3.05) is 13.1 Å². The predicted molar refractivity (Wildman–Crippen MR) is 87.1 cm³/mol. The van der Waals surface area contributed by atoms with Crippen molar-refractivity contribution in [3.05, 3.63) is 41.1 Å². The van der Waals surface area contributed by atoms with Crippen molar-refractivity contribution in [1.29, 1.82) is 5.26 Å². The van der Waals surface area contributed by atoms with E-state index in [0.717, 1.165) is 48.8 Å². The van der Waals surface area contributed by atoms with Crippen LogP contribution in [-0.2, 0) is 11.2 Å². The summed E-state index contributed by atoms with van der Waals surface area (Å²) in [6.07, 6.45) is 6.57. The molecule has 22 heavy (non-hydrogen) atoms. The van der Waals surface area contributed by atoms with Gasteiger partial charge in [-0.3, -0.25) is 4.79 Å². The van der Waals surface area contributed by atoms with E-state index in [1.165, 1.54) is 5.56 Å². The topological polar surface area (TPSA) is 59.9 Å². The van der Waals surface area contributed by atoms with Crippen LogP contribution in [-0.4, -0.2) is 28.9 Å². The van der Waals surface area contributed by atoms with Gasteiger partial charge in [0.1, 0.15) is 11.6 Å². The summed E-state index contributed by atoms with van der Waals surface area (Å²) in [6, 6.07) is 8.19. The summed E-state index contributed by atoms with van der Waals surface area (Å²) in [7, 11) is 0. The summed E-state index contributed by atoms with van der Waals surface area (Å²) in [6.45, 7) is 3.63. The van der Waals surface area contributed by atoms with E-state index in [2.05, 4.69) is 24.0 Å². The van der Waals surface area contributed by atoms with Gasteiger partial charge in [0.15, 0.2) is 0 Å². The van der Waals surface area contributed by atoms with Gasteiger partial charge >= 0.3 is 0 Å². The van der Waals surface area contributed by atoms with Crippen molar-refractivity contribution in [2.24, 2.45) is 0 Å². The van der Waals surface area contributed by atoms with Gasteiger partial charge in [-0.2, -0.15) is 5.26 Å². The van der Waals surface area contributed by atoms with Crippen molar-refractivity contribution in [1.82, 2.24) is 9.88 Å². The summed E-state index contributed by atoms with van der Waals surface area (Å²) in [5, 5.41) is 10.4. The van der Waals surface area contributed by atoms with E-state index < -0.39 is 0 Å². The zero-order chi connectivity index (χ0) is 15.5. The van der Waals surface area contributed by atoms with Crippen LogP contribution in [0.1, 0.15) is 30.9 Å². The molecule has 112 valence electrons. The highest BCUT2D eigenvalue weighted by molar-refractivity contribution is 6.04. The van der Waals surface area contributed by atoms with Crippen LogP contribution in [0, 0.1) is 11.3 Å². The van der Waals surface area contributed by atoms with Gasteiger partial charge in [-0.05, 0) is 30.9 Å². The number of rotatable bonds is 3. The number of benzene rings is 1. The summed E-state index contributed by atoms with van der Waals surface area (Å²) in [5.74, 6) is -0.152. The minimum absolute atomic E-state index is 0.152. The molecular formula is C18H19N3O. The van der Waals surface area contributed by atoms with E-state index in [4.69, 9.17) is 0 Å². The molecule has 4 nitrogen and oxygen atoms in total. The van der Waals surface area contributed by atoms with Crippen molar-refractivity contribution < 1.29 is 4.79 Å². The lowest BCUT2D eigenvalue weighted by molar-refractivity contribution is -0.125. The minimum Gasteiger partial charge on any atom is -0.360 e. The molecule has 1 aliphatic heterocycles. The van der Waals surface area contributed by atoms with Crippen LogP contribution >= 0.6 is 0 Å². The predicted octanol–water partition coefficient (Wildman–Crippen LogP) is 3.26. The monoisotopic (exact) mass is 293 g/mol. The number of nitriles is 1. The number of aromatic amines is 1. The van der Waals surface area contributed by atoms with Crippen molar-refractivity contribution in [3.63, 3.8) is 0 Å². The molecule has 0 saturated carbocycles. The largest absolute Gasteiger partial charge is 0.360 e. The highest BCUT2D eigenvalue weighted by atomic mass is 16.2. The van der Waals surface area contributed by atoms with Crippen LogP contribution in [0.25, 0.3) is 17.0 Å². The Balaban J connectivity index is 1.99. The Morgan fingerprint density at radius 1 is 1.41 bits per heavy atom. The summed E-state index contributed by atoms with van der Waals surface area (Å²) < 4.78 is 0. The molecule has 2 aromatic rings. The van der Waals surface area contributed by atoms with Gasteiger partial charge < -0.3 is 9.88 Å². The molecule has 1 fully saturated rings. The molecule has 0 unspecified atom stereocenters. The molecule has 1 amide bonds. The molecule has 0 atom stereocenters. The fourth-order valence-electron chi connectivity index (χ4n) is 3.04. The van der Waals surface area contributed by atoms with Gasteiger partial charge in [0.2, 0.25) is 0 Å². The highest BCUT2D eigenvalue weighted by Crippen LogP contribution is 2.24. The van der Waals surface area contributed by atoms with E-state index in [0.29, 0.717) is 0 Å². The third kappa shape index (κ3) is 2.50. The highest BCUT2D eigenvalue weighted by Gasteiger charge is 2.21. The first-order valence-corrected chi connectivity index (χ1v) is 7.74. The zero-order valence-electron chi connectivity index (χ0n) is 12.7. The maximum Gasteiger partial charge on any atom is 0.264 e. The average molecular weight is 293 g/mol. The molecule has 0 radical (unpaired) electrons. The van der Waals surface area contributed by atoms with Crippen molar-refractivity contribution >= 4 is 22.9 Å². The zero-order valence-corrected chi connectivity index (χ0v) is 12.7. The van der Waals surface area contributed by atoms with Crippen LogP contribution in [0.2, 0.25) is 0 Å².